The number of hydrogen-bond acceptors (Lipinski definition) is 5. The summed E-state index contributed by atoms with van der Waals surface area (Å²) in [5.74, 6) is -0.261. The van der Waals surface area contributed by atoms with Gasteiger partial charge in [-0.3, -0.25) is 0 Å². The molecule has 1 aromatic carbocycles. The van der Waals surface area contributed by atoms with E-state index in [-0.39, 0.29) is 18.4 Å². The molecule has 0 heterocycles. The quantitative estimate of drug-likeness (QED) is 0.777. The highest BCUT2D eigenvalue weighted by molar-refractivity contribution is 5.70. The molecule has 0 spiro atoms. The standard InChI is InChI=1S/C13H17NO4/c1-2-17-11(16)7-18-13-9(14)6-8-4-3-5-10(15)12(8)13/h3-5,9,13,15H,2,6-7,14H2,1H3. The second-order valence-electron chi connectivity index (χ2n) is 4.25. The molecule has 1 aliphatic rings. The number of ether oxygens (including phenoxy) is 2. The molecule has 5 heteroatoms. The highest BCUT2D eigenvalue weighted by Crippen LogP contribution is 2.38. The number of benzene rings is 1. The summed E-state index contributed by atoms with van der Waals surface area (Å²) in [6.07, 6.45) is 0.183. The van der Waals surface area contributed by atoms with E-state index in [1.807, 2.05) is 6.07 Å². The van der Waals surface area contributed by atoms with Crippen LogP contribution >= 0.6 is 0 Å². The van der Waals surface area contributed by atoms with Crippen molar-refractivity contribution in [2.45, 2.75) is 25.5 Å². The van der Waals surface area contributed by atoms with Crippen molar-refractivity contribution in [3.8, 4) is 5.75 Å². The molecule has 3 N–H and O–H groups in total. The average molecular weight is 251 g/mol. The van der Waals surface area contributed by atoms with Crippen LogP contribution in [0.5, 0.6) is 5.75 Å². The van der Waals surface area contributed by atoms with Crippen LogP contribution in [0.2, 0.25) is 0 Å². The summed E-state index contributed by atoms with van der Waals surface area (Å²) >= 11 is 0. The molecule has 2 atom stereocenters. The van der Waals surface area contributed by atoms with Crippen LogP contribution in [0.15, 0.2) is 18.2 Å². The van der Waals surface area contributed by atoms with Gasteiger partial charge in [0.15, 0.2) is 0 Å². The minimum atomic E-state index is -0.453. The second-order valence-corrected chi connectivity index (χ2v) is 4.25. The van der Waals surface area contributed by atoms with Crippen molar-refractivity contribution in [1.82, 2.24) is 0 Å². The number of carbonyl (C=O) groups excluding carboxylic acids is 1. The van der Waals surface area contributed by atoms with Crippen LogP contribution in [0.3, 0.4) is 0 Å². The van der Waals surface area contributed by atoms with E-state index in [0.717, 1.165) is 5.56 Å². The first-order chi connectivity index (χ1) is 8.63. The molecule has 2 unspecified atom stereocenters. The number of hydrogen-bond donors (Lipinski definition) is 2. The number of esters is 1. The topological polar surface area (TPSA) is 81.8 Å². The summed E-state index contributed by atoms with van der Waals surface area (Å²) in [4.78, 5) is 11.3. The van der Waals surface area contributed by atoms with E-state index in [1.165, 1.54) is 0 Å². The Bertz CT molecular complexity index is 447. The molecule has 0 saturated heterocycles. The SMILES string of the molecule is CCOC(=O)COC1c2c(O)cccc2CC1N. The number of phenolic OH excluding ortho intramolecular Hbond substituents is 1. The van der Waals surface area contributed by atoms with Crippen molar-refractivity contribution in [1.29, 1.82) is 0 Å². The predicted molar refractivity (Wildman–Crippen MR) is 65.1 cm³/mol. The van der Waals surface area contributed by atoms with Gasteiger partial charge >= 0.3 is 5.97 Å². The Balaban J connectivity index is 2.08. The zero-order valence-electron chi connectivity index (χ0n) is 10.3. The van der Waals surface area contributed by atoms with E-state index in [1.54, 1.807) is 19.1 Å². The Kier molecular flexibility index (Phi) is 3.84. The van der Waals surface area contributed by atoms with E-state index in [4.69, 9.17) is 15.2 Å². The molecule has 0 fully saturated rings. The molecular formula is C13H17NO4. The number of aromatic hydroxyl groups is 1. The third-order valence-corrected chi connectivity index (χ3v) is 2.99. The van der Waals surface area contributed by atoms with Crippen molar-refractivity contribution in [2.24, 2.45) is 5.73 Å². The van der Waals surface area contributed by atoms with E-state index >= 15 is 0 Å². The van der Waals surface area contributed by atoms with Crippen molar-refractivity contribution < 1.29 is 19.4 Å². The molecule has 0 aromatic heterocycles. The molecule has 98 valence electrons. The van der Waals surface area contributed by atoms with Crippen LogP contribution in [0, 0.1) is 0 Å². The highest BCUT2D eigenvalue weighted by Gasteiger charge is 2.33. The molecule has 0 aliphatic heterocycles. The van der Waals surface area contributed by atoms with Crippen LogP contribution in [0.1, 0.15) is 24.2 Å². The second kappa shape index (κ2) is 5.37. The summed E-state index contributed by atoms with van der Waals surface area (Å²) in [5.41, 5.74) is 7.63. The molecular weight excluding hydrogens is 234 g/mol. The third kappa shape index (κ3) is 2.47. The zero-order valence-corrected chi connectivity index (χ0v) is 10.3. The third-order valence-electron chi connectivity index (χ3n) is 2.99. The first-order valence-corrected chi connectivity index (χ1v) is 5.97. The molecule has 0 radical (unpaired) electrons. The number of rotatable bonds is 4. The van der Waals surface area contributed by atoms with Crippen LogP contribution in [0.25, 0.3) is 0 Å². The van der Waals surface area contributed by atoms with E-state index in [2.05, 4.69) is 0 Å². The Morgan fingerprint density at radius 1 is 1.56 bits per heavy atom. The van der Waals surface area contributed by atoms with Gasteiger partial charge in [0.25, 0.3) is 0 Å². The highest BCUT2D eigenvalue weighted by atomic mass is 16.6. The Hall–Kier alpha value is -1.59. The van der Waals surface area contributed by atoms with Gasteiger partial charge in [-0.05, 0) is 25.0 Å². The first-order valence-electron chi connectivity index (χ1n) is 5.97. The van der Waals surface area contributed by atoms with Gasteiger partial charge in [0.1, 0.15) is 18.5 Å². The Labute approximate surface area is 106 Å². The minimum absolute atomic E-state index is 0.153. The lowest BCUT2D eigenvalue weighted by molar-refractivity contribution is -0.150. The molecule has 1 aliphatic carbocycles. The molecule has 2 rings (SSSR count). The largest absolute Gasteiger partial charge is 0.508 e. The monoisotopic (exact) mass is 251 g/mol. The van der Waals surface area contributed by atoms with Gasteiger partial charge in [-0.1, -0.05) is 12.1 Å². The summed E-state index contributed by atoms with van der Waals surface area (Å²) in [5, 5.41) is 9.84. The molecule has 0 saturated carbocycles. The Morgan fingerprint density at radius 2 is 2.33 bits per heavy atom. The molecule has 0 amide bonds. The normalized spacial score (nSPS) is 21.7. The van der Waals surface area contributed by atoms with Crippen LogP contribution < -0.4 is 5.73 Å². The predicted octanol–water partition coefficient (Wildman–Crippen LogP) is 0.896. The lowest BCUT2D eigenvalue weighted by Gasteiger charge is -2.17. The maximum Gasteiger partial charge on any atom is 0.332 e. The maximum atomic E-state index is 11.3. The van der Waals surface area contributed by atoms with Crippen molar-refractivity contribution in [2.75, 3.05) is 13.2 Å². The fourth-order valence-corrected chi connectivity index (χ4v) is 2.25. The summed E-state index contributed by atoms with van der Waals surface area (Å²) in [6.45, 7) is 1.90. The maximum absolute atomic E-state index is 11.3. The smallest absolute Gasteiger partial charge is 0.332 e. The number of nitrogens with two attached hydrogens (primary N) is 1. The van der Waals surface area contributed by atoms with Crippen molar-refractivity contribution in [3.63, 3.8) is 0 Å². The van der Waals surface area contributed by atoms with Gasteiger partial charge in [0.05, 0.1) is 6.61 Å². The van der Waals surface area contributed by atoms with Crippen LogP contribution in [0.4, 0.5) is 0 Å². The number of phenols is 1. The first kappa shape index (κ1) is 12.9. The summed E-state index contributed by atoms with van der Waals surface area (Å²) < 4.78 is 10.3. The van der Waals surface area contributed by atoms with E-state index < -0.39 is 12.1 Å². The van der Waals surface area contributed by atoms with Crippen LogP contribution in [-0.2, 0) is 20.7 Å². The molecule has 18 heavy (non-hydrogen) atoms. The minimum Gasteiger partial charge on any atom is -0.508 e. The van der Waals surface area contributed by atoms with Gasteiger partial charge in [0.2, 0.25) is 0 Å². The van der Waals surface area contributed by atoms with Gasteiger partial charge in [-0.25, -0.2) is 4.79 Å². The molecule has 0 bridgehead atoms. The van der Waals surface area contributed by atoms with Gasteiger partial charge in [-0.15, -0.1) is 0 Å². The fraction of sp³-hybridized carbons (Fsp3) is 0.462. The van der Waals surface area contributed by atoms with Gasteiger partial charge in [0, 0.05) is 11.6 Å². The van der Waals surface area contributed by atoms with E-state index in [9.17, 15) is 9.90 Å². The lowest BCUT2D eigenvalue weighted by atomic mass is 10.1. The zero-order chi connectivity index (χ0) is 13.1. The van der Waals surface area contributed by atoms with E-state index in [0.29, 0.717) is 18.6 Å². The van der Waals surface area contributed by atoms with Crippen molar-refractivity contribution >= 4 is 5.97 Å². The number of carbonyl (C=O) groups is 1. The molecule has 1 aromatic rings. The molecule has 5 nitrogen and oxygen atoms in total. The average Bonchev–Trinajstić information content (AvgIpc) is 2.64. The van der Waals surface area contributed by atoms with Gasteiger partial charge < -0.3 is 20.3 Å². The summed E-state index contributed by atoms with van der Waals surface area (Å²) in [6, 6.07) is 5.03. The Morgan fingerprint density at radius 3 is 3.06 bits per heavy atom. The van der Waals surface area contributed by atoms with Gasteiger partial charge in [-0.2, -0.15) is 0 Å². The summed E-state index contributed by atoms with van der Waals surface area (Å²) in [7, 11) is 0. The van der Waals surface area contributed by atoms with Crippen molar-refractivity contribution in [3.05, 3.63) is 29.3 Å². The number of fused-ring (bicyclic) bond motifs is 1. The lowest BCUT2D eigenvalue weighted by Crippen LogP contribution is -2.28. The van der Waals surface area contributed by atoms with Crippen LogP contribution in [-0.4, -0.2) is 30.3 Å². The fourth-order valence-electron chi connectivity index (χ4n) is 2.25.